The van der Waals surface area contributed by atoms with Gasteiger partial charge in [-0.2, -0.15) is 0 Å². The maximum atomic E-state index is 13.1. The second-order valence-corrected chi connectivity index (χ2v) is 8.78. The van der Waals surface area contributed by atoms with Crippen molar-refractivity contribution in [3.63, 3.8) is 0 Å². The van der Waals surface area contributed by atoms with E-state index in [-0.39, 0.29) is 18.6 Å². The number of amides is 2. The van der Waals surface area contributed by atoms with Crippen molar-refractivity contribution >= 4 is 34.6 Å². The molecule has 0 aromatic heterocycles. The van der Waals surface area contributed by atoms with Gasteiger partial charge in [0.1, 0.15) is 5.92 Å². The number of rotatable bonds is 6. The number of carbonyl (C=O) groups is 2. The molecule has 0 fully saturated rings. The third kappa shape index (κ3) is 4.48. The number of nitrogens with one attached hydrogen (secondary N) is 1. The Balaban J connectivity index is 1.53. The molecule has 35 heavy (non-hydrogen) atoms. The zero-order valence-electron chi connectivity index (χ0n) is 19.8. The van der Waals surface area contributed by atoms with Crippen molar-refractivity contribution in [3.8, 4) is 11.5 Å². The quantitative estimate of drug-likeness (QED) is 0.554. The van der Waals surface area contributed by atoms with E-state index < -0.39 is 5.92 Å². The van der Waals surface area contributed by atoms with Crippen LogP contribution in [-0.4, -0.2) is 56.9 Å². The summed E-state index contributed by atoms with van der Waals surface area (Å²) in [6, 6.07) is 20.6. The van der Waals surface area contributed by atoms with Gasteiger partial charge in [0.25, 0.3) is 0 Å². The molecule has 8 nitrogen and oxygen atoms in total. The third-order valence-electron chi connectivity index (χ3n) is 6.05. The first kappa shape index (κ1) is 22.6. The van der Waals surface area contributed by atoms with Crippen LogP contribution in [0.4, 0.5) is 17.1 Å². The Kier molecular flexibility index (Phi) is 5.96. The summed E-state index contributed by atoms with van der Waals surface area (Å²) in [4.78, 5) is 33.9. The van der Waals surface area contributed by atoms with E-state index in [9.17, 15) is 9.59 Å². The fraction of sp³-hybridized carbons (Fsp3) is 0.222. The fourth-order valence-electron chi connectivity index (χ4n) is 4.24. The summed E-state index contributed by atoms with van der Waals surface area (Å²) < 4.78 is 11.0. The monoisotopic (exact) mass is 470 g/mol. The van der Waals surface area contributed by atoms with Gasteiger partial charge >= 0.3 is 0 Å². The molecule has 1 unspecified atom stereocenters. The molecule has 0 aliphatic carbocycles. The second-order valence-electron chi connectivity index (χ2n) is 8.78. The molecule has 0 spiro atoms. The predicted octanol–water partition coefficient (Wildman–Crippen LogP) is 3.80. The molecule has 3 aromatic rings. The van der Waals surface area contributed by atoms with E-state index in [0.717, 1.165) is 22.5 Å². The zero-order valence-corrected chi connectivity index (χ0v) is 19.8. The minimum absolute atomic E-state index is 0.00784. The van der Waals surface area contributed by atoms with Crippen molar-refractivity contribution in [3.05, 3.63) is 77.9 Å². The summed E-state index contributed by atoms with van der Waals surface area (Å²) in [5.41, 5.74) is 4.48. The molecule has 0 saturated carbocycles. The lowest BCUT2D eigenvalue weighted by molar-refractivity contribution is -0.119. The van der Waals surface area contributed by atoms with Crippen LogP contribution in [0.2, 0.25) is 0 Å². The minimum Gasteiger partial charge on any atom is -0.454 e. The molecule has 1 N–H and O–H groups in total. The number of fused-ring (bicyclic) bond motifs is 2. The van der Waals surface area contributed by atoms with Gasteiger partial charge in [0.05, 0.1) is 17.9 Å². The number of anilines is 2. The van der Waals surface area contributed by atoms with Crippen LogP contribution < -0.4 is 19.7 Å². The highest BCUT2D eigenvalue weighted by molar-refractivity contribution is 6.24. The van der Waals surface area contributed by atoms with Crippen molar-refractivity contribution in [1.29, 1.82) is 0 Å². The third-order valence-corrected chi connectivity index (χ3v) is 6.05. The van der Waals surface area contributed by atoms with Crippen LogP contribution in [0.1, 0.15) is 17.0 Å². The number of nitrogens with zero attached hydrogens (tertiary/aromatic N) is 3. The first-order valence-electron chi connectivity index (χ1n) is 11.3. The molecule has 178 valence electrons. The summed E-state index contributed by atoms with van der Waals surface area (Å²) in [7, 11) is 5.47. The first-order chi connectivity index (χ1) is 16.9. The average Bonchev–Trinajstić information content (AvgIpc) is 3.45. The average molecular weight is 471 g/mol. The van der Waals surface area contributed by atoms with Crippen molar-refractivity contribution in [2.45, 2.75) is 5.92 Å². The van der Waals surface area contributed by atoms with E-state index in [1.807, 2.05) is 85.7 Å². The van der Waals surface area contributed by atoms with Gasteiger partial charge in [-0.25, -0.2) is 0 Å². The summed E-state index contributed by atoms with van der Waals surface area (Å²) in [5.74, 6) is 0.577. The molecule has 2 aliphatic heterocycles. The molecule has 2 aliphatic rings. The van der Waals surface area contributed by atoms with Gasteiger partial charge in [0.2, 0.25) is 18.6 Å². The highest BCUT2D eigenvalue weighted by Crippen LogP contribution is 2.39. The largest absolute Gasteiger partial charge is 0.454 e. The number of para-hydroxylation sites is 1. The van der Waals surface area contributed by atoms with Gasteiger partial charge in [-0.15, -0.1) is 0 Å². The van der Waals surface area contributed by atoms with E-state index in [1.54, 1.807) is 11.9 Å². The highest BCUT2D eigenvalue weighted by atomic mass is 16.7. The maximum Gasteiger partial charge on any atom is 0.240 e. The molecule has 5 rings (SSSR count). The number of hydrogen-bond acceptors (Lipinski definition) is 6. The topological polar surface area (TPSA) is 83.5 Å². The Morgan fingerprint density at radius 2 is 1.74 bits per heavy atom. The highest BCUT2D eigenvalue weighted by Gasteiger charge is 2.35. The smallest absolute Gasteiger partial charge is 0.240 e. The van der Waals surface area contributed by atoms with E-state index >= 15 is 0 Å². The van der Waals surface area contributed by atoms with Crippen LogP contribution in [0.25, 0.3) is 0 Å². The number of aliphatic imine (C=N–C) groups is 1. The van der Waals surface area contributed by atoms with E-state index in [4.69, 9.17) is 14.5 Å². The number of likely N-dealkylation sites (N-methyl/N-ethyl adjacent to an activating group) is 2. The van der Waals surface area contributed by atoms with Crippen LogP contribution in [0.15, 0.2) is 71.7 Å². The van der Waals surface area contributed by atoms with Crippen molar-refractivity contribution < 1.29 is 19.1 Å². The zero-order chi connectivity index (χ0) is 24.5. The standard InChI is InChI=1S/C27H26N4O4/c1-30(2)15-24(32)31(3)19-11-9-18(10-12-19)28-26(17-8-13-22-23(14-17)35-16-34-22)25-20-6-4-5-7-21(20)29-27(25)33/h4-14,25H,15-16H2,1-3H3,(H,29,33). The summed E-state index contributed by atoms with van der Waals surface area (Å²) in [6.45, 7) is 0.487. The Hall–Kier alpha value is -4.17. The van der Waals surface area contributed by atoms with Gasteiger partial charge in [-0.1, -0.05) is 18.2 Å². The Morgan fingerprint density at radius 3 is 2.51 bits per heavy atom. The molecule has 0 bridgehead atoms. The van der Waals surface area contributed by atoms with Crippen molar-refractivity contribution in [2.75, 3.05) is 44.7 Å². The van der Waals surface area contributed by atoms with Gasteiger partial charge in [-0.05, 0) is 68.2 Å². The predicted molar refractivity (Wildman–Crippen MR) is 135 cm³/mol. The number of hydrogen-bond donors (Lipinski definition) is 1. The number of ether oxygens (including phenoxy) is 2. The second kappa shape index (κ2) is 9.23. The van der Waals surface area contributed by atoms with Gasteiger partial charge in [-0.3, -0.25) is 14.6 Å². The molecule has 3 aromatic carbocycles. The minimum atomic E-state index is -0.574. The molecule has 2 amide bonds. The lowest BCUT2D eigenvalue weighted by atomic mass is 9.90. The van der Waals surface area contributed by atoms with Gasteiger partial charge in [0.15, 0.2) is 11.5 Å². The van der Waals surface area contributed by atoms with Crippen molar-refractivity contribution in [1.82, 2.24) is 4.90 Å². The molecule has 2 heterocycles. The van der Waals surface area contributed by atoms with Crippen molar-refractivity contribution in [2.24, 2.45) is 4.99 Å². The van der Waals surface area contributed by atoms with Crippen LogP contribution in [0.5, 0.6) is 11.5 Å². The summed E-state index contributed by atoms with van der Waals surface area (Å²) >= 11 is 0. The molecule has 8 heteroatoms. The molecular weight excluding hydrogens is 444 g/mol. The van der Waals surface area contributed by atoms with Crippen LogP contribution in [0.3, 0.4) is 0 Å². The van der Waals surface area contributed by atoms with Crippen LogP contribution in [-0.2, 0) is 9.59 Å². The first-order valence-corrected chi connectivity index (χ1v) is 11.3. The molecule has 0 radical (unpaired) electrons. The molecule has 0 saturated heterocycles. The number of carbonyl (C=O) groups excluding carboxylic acids is 2. The SMILES string of the molecule is CN(C)CC(=O)N(C)c1ccc(N=C(c2ccc3c(c2)OCO3)C2C(=O)Nc3ccccc32)cc1. The van der Waals surface area contributed by atoms with E-state index in [2.05, 4.69) is 5.32 Å². The van der Waals surface area contributed by atoms with Crippen LogP contribution >= 0.6 is 0 Å². The van der Waals surface area contributed by atoms with Gasteiger partial charge in [0, 0.05) is 24.0 Å². The maximum absolute atomic E-state index is 13.1. The van der Waals surface area contributed by atoms with Crippen LogP contribution in [0, 0.1) is 0 Å². The number of benzene rings is 3. The Bertz CT molecular complexity index is 1320. The molecular formula is C27H26N4O4. The summed E-state index contributed by atoms with van der Waals surface area (Å²) in [6.07, 6.45) is 0. The van der Waals surface area contributed by atoms with E-state index in [1.165, 1.54) is 0 Å². The fourth-order valence-corrected chi connectivity index (χ4v) is 4.24. The summed E-state index contributed by atoms with van der Waals surface area (Å²) in [5, 5.41) is 2.96. The van der Waals surface area contributed by atoms with Gasteiger partial charge < -0.3 is 24.6 Å². The lowest BCUT2D eigenvalue weighted by Gasteiger charge is -2.20. The lowest BCUT2D eigenvalue weighted by Crippen LogP contribution is -2.34. The van der Waals surface area contributed by atoms with E-state index in [0.29, 0.717) is 29.4 Å². The Labute approximate surface area is 203 Å². The molecule has 1 atom stereocenters. The Morgan fingerprint density at radius 1 is 1.00 bits per heavy atom. The normalized spacial score (nSPS) is 16.3.